The van der Waals surface area contributed by atoms with Crippen LogP contribution in [0.5, 0.6) is 5.75 Å². The maximum absolute atomic E-state index is 13.3. The highest BCUT2D eigenvalue weighted by Gasteiger charge is 2.27. The number of hydrogen-bond donors (Lipinski definition) is 2. The summed E-state index contributed by atoms with van der Waals surface area (Å²) in [5.41, 5.74) is 3.64. The number of benzene rings is 1. The van der Waals surface area contributed by atoms with Crippen LogP contribution >= 0.6 is 11.3 Å². The summed E-state index contributed by atoms with van der Waals surface area (Å²) in [5, 5.41) is 14.6. The predicted octanol–water partition coefficient (Wildman–Crippen LogP) is 5.99. The lowest BCUT2D eigenvalue weighted by molar-refractivity contribution is 0.0927. The molecule has 0 atom stereocenters. The Bertz CT molecular complexity index is 972. The minimum absolute atomic E-state index is 0.0320. The zero-order valence-electron chi connectivity index (χ0n) is 19.3. The molecule has 6 heteroatoms. The van der Waals surface area contributed by atoms with E-state index in [0.717, 1.165) is 61.4 Å². The van der Waals surface area contributed by atoms with Crippen LogP contribution in [0.1, 0.15) is 85.2 Å². The van der Waals surface area contributed by atoms with E-state index in [1.54, 1.807) is 23.6 Å². The number of rotatable bonds is 7. The largest absolute Gasteiger partial charge is 0.507 e. The number of aliphatic imine (C=N–C) groups is 1. The zero-order valence-corrected chi connectivity index (χ0v) is 20.1. The van der Waals surface area contributed by atoms with E-state index < -0.39 is 0 Å². The van der Waals surface area contributed by atoms with Gasteiger partial charge < -0.3 is 15.3 Å². The first kappa shape index (κ1) is 22.8. The molecule has 0 unspecified atom stereocenters. The van der Waals surface area contributed by atoms with E-state index in [-0.39, 0.29) is 17.7 Å². The summed E-state index contributed by atoms with van der Waals surface area (Å²) in [6, 6.07) is 6.00. The molecule has 0 radical (unpaired) electrons. The van der Waals surface area contributed by atoms with Crippen LogP contribution in [0.25, 0.3) is 0 Å². The summed E-state index contributed by atoms with van der Waals surface area (Å²) in [6.45, 7) is 6.00. The molecule has 4 rings (SSSR count). The van der Waals surface area contributed by atoms with Gasteiger partial charge in [-0.1, -0.05) is 19.3 Å². The number of aryl methyl sites for hydroxylation is 1. The first-order valence-corrected chi connectivity index (χ1v) is 13.0. The van der Waals surface area contributed by atoms with Crippen molar-refractivity contribution in [3.63, 3.8) is 0 Å². The van der Waals surface area contributed by atoms with Gasteiger partial charge in [-0.05, 0) is 70.1 Å². The lowest BCUT2D eigenvalue weighted by atomic mass is 9.93. The minimum atomic E-state index is 0.0320. The van der Waals surface area contributed by atoms with Crippen molar-refractivity contribution >= 4 is 34.1 Å². The molecule has 0 bridgehead atoms. The second kappa shape index (κ2) is 10.5. The standard InChI is InChI=1S/C26H35N3O2S/c1-3-29(4-2)20-15-14-18(22(30)16-20)17-27-26-24(21-12-8-9-13-23(21)32-26)25(31)28-19-10-6-5-7-11-19/h14-17,19,30H,3-13H2,1-2H3,(H,28,31)/b27-17-. The van der Waals surface area contributed by atoms with Crippen LogP contribution in [-0.2, 0) is 12.8 Å². The molecule has 0 saturated heterocycles. The minimum Gasteiger partial charge on any atom is -0.507 e. The Labute approximate surface area is 195 Å². The van der Waals surface area contributed by atoms with Crippen LogP contribution in [0, 0.1) is 0 Å². The van der Waals surface area contributed by atoms with Gasteiger partial charge in [-0.15, -0.1) is 11.3 Å². The molecule has 0 spiro atoms. The third-order valence-corrected chi connectivity index (χ3v) is 7.98. The average molecular weight is 454 g/mol. The molecule has 1 fully saturated rings. The van der Waals surface area contributed by atoms with E-state index in [4.69, 9.17) is 4.99 Å². The molecule has 32 heavy (non-hydrogen) atoms. The van der Waals surface area contributed by atoms with Crippen LogP contribution < -0.4 is 10.2 Å². The number of fused-ring (bicyclic) bond motifs is 1. The van der Waals surface area contributed by atoms with Gasteiger partial charge in [0.05, 0.1) is 5.56 Å². The Hall–Kier alpha value is -2.34. The highest BCUT2D eigenvalue weighted by Crippen LogP contribution is 2.40. The monoisotopic (exact) mass is 453 g/mol. The fourth-order valence-electron chi connectivity index (χ4n) is 4.94. The van der Waals surface area contributed by atoms with Crippen molar-refractivity contribution in [2.75, 3.05) is 18.0 Å². The van der Waals surface area contributed by atoms with Gasteiger partial charge in [-0.2, -0.15) is 0 Å². The maximum Gasteiger partial charge on any atom is 0.254 e. The van der Waals surface area contributed by atoms with Gasteiger partial charge in [-0.3, -0.25) is 4.79 Å². The smallest absolute Gasteiger partial charge is 0.254 e. The topological polar surface area (TPSA) is 64.9 Å². The molecule has 2 N–H and O–H groups in total. The first-order valence-electron chi connectivity index (χ1n) is 12.2. The van der Waals surface area contributed by atoms with E-state index in [0.29, 0.717) is 5.56 Å². The third kappa shape index (κ3) is 5.01. The number of anilines is 1. The Morgan fingerprint density at radius 3 is 2.62 bits per heavy atom. The van der Waals surface area contributed by atoms with Crippen molar-refractivity contribution in [1.82, 2.24) is 5.32 Å². The van der Waals surface area contributed by atoms with Gasteiger partial charge >= 0.3 is 0 Å². The molecule has 0 aliphatic heterocycles. The van der Waals surface area contributed by atoms with E-state index in [1.807, 2.05) is 12.1 Å². The summed E-state index contributed by atoms with van der Waals surface area (Å²) in [6.07, 6.45) is 11.8. The predicted molar refractivity (Wildman–Crippen MR) is 134 cm³/mol. The van der Waals surface area contributed by atoms with Gasteiger partial charge in [0, 0.05) is 47.5 Å². The second-order valence-corrected chi connectivity index (χ2v) is 9.96. The summed E-state index contributed by atoms with van der Waals surface area (Å²) in [5.74, 6) is 0.247. The fourth-order valence-corrected chi connectivity index (χ4v) is 6.17. The molecular formula is C26H35N3O2S. The molecule has 1 heterocycles. The Morgan fingerprint density at radius 2 is 1.91 bits per heavy atom. The van der Waals surface area contributed by atoms with Crippen molar-refractivity contribution in [3.05, 3.63) is 39.8 Å². The van der Waals surface area contributed by atoms with E-state index in [1.165, 1.54) is 36.1 Å². The number of nitrogens with one attached hydrogen (secondary N) is 1. The van der Waals surface area contributed by atoms with Gasteiger partial charge in [-0.25, -0.2) is 4.99 Å². The summed E-state index contributed by atoms with van der Waals surface area (Å²) >= 11 is 1.64. The fraction of sp³-hybridized carbons (Fsp3) is 0.538. The van der Waals surface area contributed by atoms with Crippen LogP contribution in [0.4, 0.5) is 10.7 Å². The highest BCUT2D eigenvalue weighted by atomic mass is 32.1. The molecule has 1 saturated carbocycles. The second-order valence-electron chi connectivity index (χ2n) is 8.87. The lowest BCUT2D eigenvalue weighted by Crippen LogP contribution is -2.36. The molecule has 172 valence electrons. The van der Waals surface area contributed by atoms with Crippen molar-refractivity contribution in [2.24, 2.45) is 4.99 Å². The SMILES string of the molecule is CCN(CC)c1ccc(/C=N\c2sc3c(c2C(=O)NC2CCCCC2)CCCC3)c(O)c1. The van der Waals surface area contributed by atoms with E-state index >= 15 is 0 Å². The van der Waals surface area contributed by atoms with Crippen molar-refractivity contribution < 1.29 is 9.90 Å². The number of carbonyl (C=O) groups excluding carboxylic acids is 1. The zero-order chi connectivity index (χ0) is 22.5. The van der Waals surface area contributed by atoms with Gasteiger partial charge in [0.25, 0.3) is 5.91 Å². The Balaban J connectivity index is 1.60. The lowest BCUT2D eigenvalue weighted by Gasteiger charge is -2.23. The van der Waals surface area contributed by atoms with Crippen molar-refractivity contribution in [3.8, 4) is 5.75 Å². The summed E-state index contributed by atoms with van der Waals surface area (Å²) < 4.78 is 0. The van der Waals surface area contributed by atoms with E-state index in [2.05, 4.69) is 24.1 Å². The molecule has 2 aliphatic rings. The molecular weight excluding hydrogens is 418 g/mol. The number of phenolic OH excluding ortho intramolecular Hbond substituents is 1. The number of thiophene rings is 1. The normalized spacial score (nSPS) is 16.8. The molecule has 1 amide bonds. The molecule has 2 aliphatic carbocycles. The number of nitrogens with zero attached hydrogens (tertiary/aromatic N) is 2. The van der Waals surface area contributed by atoms with E-state index in [9.17, 15) is 9.90 Å². The van der Waals surface area contributed by atoms with Gasteiger partial charge in [0.15, 0.2) is 0 Å². The highest BCUT2D eigenvalue weighted by molar-refractivity contribution is 7.16. The van der Waals surface area contributed by atoms with Crippen LogP contribution in [-0.4, -0.2) is 36.4 Å². The summed E-state index contributed by atoms with van der Waals surface area (Å²) in [7, 11) is 0. The molecule has 2 aromatic rings. The maximum atomic E-state index is 13.3. The summed E-state index contributed by atoms with van der Waals surface area (Å²) in [4.78, 5) is 21.5. The molecule has 1 aromatic carbocycles. The van der Waals surface area contributed by atoms with Gasteiger partial charge in [0.1, 0.15) is 10.8 Å². The number of amides is 1. The number of carbonyl (C=O) groups is 1. The number of hydrogen-bond acceptors (Lipinski definition) is 5. The number of phenols is 1. The van der Waals surface area contributed by atoms with Crippen LogP contribution in [0.3, 0.4) is 0 Å². The Kier molecular flexibility index (Phi) is 7.51. The van der Waals surface area contributed by atoms with Gasteiger partial charge in [0.2, 0.25) is 0 Å². The molecule has 5 nitrogen and oxygen atoms in total. The average Bonchev–Trinajstić information content (AvgIpc) is 3.18. The Morgan fingerprint density at radius 1 is 1.16 bits per heavy atom. The molecule has 1 aromatic heterocycles. The van der Waals surface area contributed by atoms with Crippen molar-refractivity contribution in [1.29, 1.82) is 0 Å². The first-order chi connectivity index (χ1) is 15.6. The van der Waals surface area contributed by atoms with Crippen LogP contribution in [0.2, 0.25) is 0 Å². The van der Waals surface area contributed by atoms with Crippen LogP contribution in [0.15, 0.2) is 23.2 Å². The third-order valence-electron chi connectivity index (χ3n) is 6.78. The number of aromatic hydroxyl groups is 1. The quantitative estimate of drug-likeness (QED) is 0.506. The van der Waals surface area contributed by atoms with Crippen molar-refractivity contribution in [2.45, 2.75) is 77.7 Å².